The highest BCUT2D eigenvalue weighted by molar-refractivity contribution is 6.46. The van der Waals surface area contributed by atoms with Crippen molar-refractivity contribution in [2.24, 2.45) is 0 Å². The van der Waals surface area contributed by atoms with E-state index in [1.54, 1.807) is 29.7 Å². The molecule has 1 unspecified atom stereocenters. The summed E-state index contributed by atoms with van der Waals surface area (Å²) in [5, 5.41) is 11.5. The molecule has 1 aliphatic rings. The summed E-state index contributed by atoms with van der Waals surface area (Å²) in [5.74, 6) is -0.481. The van der Waals surface area contributed by atoms with Gasteiger partial charge in [-0.25, -0.2) is 4.98 Å². The molecule has 1 fully saturated rings. The number of aryl methyl sites for hydroxylation is 1. The Hall–Kier alpha value is -4.33. The highest BCUT2D eigenvalue weighted by atomic mass is 16.5. The fourth-order valence-corrected chi connectivity index (χ4v) is 4.57. The van der Waals surface area contributed by atoms with E-state index in [0.29, 0.717) is 40.7 Å². The van der Waals surface area contributed by atoms with Crippen LogP contribution >= 0.6 is 0 Å². The zero-order valence-corrected chi connectivity index (χ0v) is 20.2. The van der Waals surface area contributed by atoms with Gasteiger partial charge in [0.05, 0.1) is 36.7 Å². The summed E-state index contributed by atoms with van der Waals surface area (Å²) in [6, 6.07) is 15.4. The molecule has 8 heteroatoms. The number of carbonyl (C=O) groups excluding carboxylic acids is 2. The van der Waals surface area contributed by atoms with Crippen LogP contribution in [-0.2, 0) is 16.1 Å². The van der Waals surface area contributed by atoms with Crippen LogP contribution in [0.4, 0.5) is 0 Å². The molecule has 36 heavy (non-hydrogen) atoms. The van der Waals surface area contributed by atoms with Crippen molar-refractivity contribution in [3.63, 3.8) is 0 Å². The van der Waals surface area contributed by atoms with Crippen LogP contribution in [0.1, 0.15) is 48.5 Å². The Balaban J connectivity index is 1.62. The maximum Gasteiger partial charge on any atom is 0.296 e. The van der Waals surface area contributed by atoms with E-state index in [-0.39, 0.29) is 17.9 Å². The molecule has 1 aliphatic heterocycles. The molecule has 5 rings (SSSR count). The Kier molecular flexibility index (Phi) is 6.33. The number of nitrogens with zero attached hydrogens (tertiary/aromatic N) is 3. The predicted octanol–water partition coefficient (Wildman–Crippen LogP) is 5.04. The highest BCUT2D eigenvalue weighted by Crippen LogP contribution is 2.41. The van der Waals surface area contributed by atoms with Gasteiger partial charge in [-0.15, -0.1) is 0 Å². The van der Waals surface area contributed by atoms with E-state index in [0.717, 1.165) is 12.8 Å². The fourth-order valence-electron chi connectivity index (χ4n) is 4.57. The van der Waals surface area contributed by atoms with Gasteiger partial charge >= 0.3 is 0 Å². The largest absolute Gasteiger partial charge is 0.505 e. The number of ether oxygens (including phenoxy) is 1. The van der Waals surface area contributed by atoms with E-state index >= 15 is 0 Å². The van der Waals surface area contributed by atoms with Crippen molar-refractivity contribution in [2.75, 3.05) is 6.61 Å². The number of hydrogen-bond acceptors (Lipinski definition) is 6. The lowest BCUT2D eigenvalue weighted by atomic mass is 9.96. The van der Waals surface area contributed by atoms with E-state index in [1.165, 1.54) is 11.2 Å². The van der Waals surface area contributed by atoms with Crippen LogP contribution in [0, 0.1) is 6.92 Å². The Morgan fingerprint density at radius 2 is 1.92 bits per heavy atom. The smallest absolute Gasteiger partial charge is 0.296 e. The number of amides is 1. The maximum absolute atomic E-state index is 13.4. The molecule has 4 aromatic rings. The standard InChI is InChI=1S/C28H27N3O5/c1-3-4-15-35-20-12-10-19(11-13-20)25-23(27(33)28(34)31(25)17-21-8-7-16-36-21)26(32)24-18(2)29-22-9-5-6-14-30(22)24/h5-14,16,25,32H,3-4,15,17H2,1-2H3. The van der Waals surface area contributed by atoms with E-state index < -0.39 is 17.7 Å². The first-order valence-electron chi connectivity index (χ1n) is 12.0. The molecule has 184 valence electrons. The SMILES string of the molecule is CCCCOc1ccc(C2C(=C(O)c3c(C)nc4ccccn34)C(=O)C(=O)N2Cc2ccco2)cc1. The van der Waals surface area contributed by atoms with Crippen LogP contribution in [0.2, 0.25) is 0 Å². The summed E-state index contributed by atoms with van der Waals surface area (Å²) in [6.07, 6.45) is 5.26. The Bertz CT molecular complexity index is 1430. The number of pyridine rings is 1. The van der Waals surface area contributed by atoms with Crippen molar-refractivity contribution >= 4 is 23.1 Å². The van der Waals surface area contributed by atoms with Gasteiger partial charge in [-0.2, -0.15) is 0 Å². The van der Waals surface area contributed by atoms with Crippen LogP contribution in [-0.4, -0.2) is 37.7 Å². The van der Waals surface area contributed by atoms with Crippen molar-refractivity contribution in [1.82, 2.24) is 14.3 Å². The first kappa shape index (κ1) is 23.4. The number of unbranched alkanes of at least 4 members (excludes halogenated alkanes) is 1. The first-order valence-corrected chi connectivity index (χ1v) is 12.0. The summed E-state index contributed by atoms with van der Waals surface area (Å²) in [6.45, 7) is 4.55. The van der Waals surface area contributed by atoms with Gasteiger partial charge in [-0.05, 0) is 55.3 Å². The van der Waals surface area contributed by atoms with Gasteiger partial charge < -0.3 is 19.2 Å². The third-order valence-corrected chi connectivity index (χ3v) is 6.34. The number of ketones is 1. The van der Waals surface area contributed by atoms with Gasteiger partial charge in [0.25, 0.3) is 11.7 Å². The van der Waals surface area contributed by atoms with E-state index in [2.05, 4.69) is 11.9 Å². The lowest BCUT2D eigenvalue weighted by Gasteiger charge is -2.24. The molecule has 8 nitrogen and oxygen atoms in total. The summed E-state index contributed by atoms with van der Waals surface area (Å²) < 4.78 is 13.0. The molecule has 1 N–H and O–H groups in total. The lowest BCUT2D eigenvalue weighted by Crippen LogP contribution is -2.29. The summed E-state index contributed by atoms with van der Waals surface area (Å²) >= 11 is 0. The molecule has 0 aliphatic carbocycles. The number of benzene rings is 1. The molecular formula is C28H27N3O5. The average Bonchev–Trinajstić information content (AvgIpc) is 3.57. The minimum Gasteiger partial charge on any atom is -0.505 e. The molecular weight excluding hydrogens is 458 g/mol. The number of aliphatic hydroxyl groups is 1. The van der Waals surface area contributed by atoms with Crippen LogP contribution in [0.5, 0.6) is 5.75 Å². The number of imidazole rings is 1. The molecule has 0 saturated carbocycles. The predicted molar refractivity (Wildman–Crippen MR) is 133 cm³/mol. The first-order chi connectivity index (χ1) is 17.5. The number of likely N-dealkylation sites (tertiary alicyclic amines) is 1. The van der Waals surface area contributed by atoms with Gasteiger partial charge in [0.2, 0.25) is 0 Å². The quantitative estimate of drug-likeness (QED) is 0.163. The maximum atomic E-state index is 13.4. The summed E-state index contributed by atoms with van der Waals surface area (Å²) in [5.41, 5.74) is 2.25. The zero-order valence-electron chi connectivity index (χ0n) is 20.2. The minimum absolute atomic E-state index is 0.0139. The van der Waals surface area contributed by atoms with Gasteiger partial charge in [-0.1, -0.05) is 31.5 Å². The number of Topliss-reactive ketones (excluding diaryl/α,β-unsaturated/α-hetero) is 1. The number of fused-ring (bicyclic) bond motifs is 1. The van der Waals surface area contributed by atoms with Crippen molar-refractivity contribution in [1.29, 1.82) is 0 Å². The summed E-state index contributed by atoms with van der Waals surface area (Å²) in [4.78, 5) is 32.5. The van der Waals surface area contributed by atoms with Crippen molar-refractivity contribution in [2.45, 2.75) is 39.3 Å². The number of hydrogen-bond donors (Lipinski definition) is 1. The Labute approximate surface area is 208 Å². The fraction of sp³-hybridized carbons (Fsp3) is 0.250. The lowest BCUT2D eigenvalue weighted by molar-refractivity contribution is -0.140. The minimum atomic E-state index is -0.812. The topological polar surface area (TPSA) is 97.3 Å². The molecule has 1 amide bonds. The molecule has 3 aromatic heterocycles. The second-order valence-electron chi connectivity index (χ2n) is 8.75. The monoisotopic (exact) mass is 485 g/mol. The van der Waals surface area contributed by atoms with Gasteiger partial charge in [0.1, 0.15) is 22.9 Å². The molecule has 1 saturated heterocycles. The van der Waals surface area contributed by atoms with Gasteiger partial charge in [0, 0.05) is 6.20 Å². The molecule has 1 atom stereocenters. The molecule has 0 radical (unpaired) electrons. The second-order valence-corrected chi connectivity index (χ2v) is 8.75. The molecule has 0 bridgehead atoms. The van der Waals surface area contributed by atoms with Crippen molar-refractivity contribution < 1.29 is 23.8 Å². The van der Waals surface area contributed by atoms with Crippen molar-refractivity contribution in [3.05, 3.63) is 95.3 Å². The zero-order chi connectivity index (χ0) is 25.2. The van der Waals surface area contributed by atoms with Crippen LogP contribution < -0.4 is 4.74 Å². The Morgan fingerprint density at radius 1 is 1.11 bits per heavy atom. The Morgan fingerprint density at radius 3 is 2.64 bits per heavy atom. The summed E-state index contributed by atoms with van der Waals surface area (Å²) in [7, 11) is 0. The number of carbonyl (C=O) groups is 2. The number of aromatic nitrogens is 2. The van der Waals surface area contributed by atoms with E-state index in [4.69, 9.17) is 9.15 Å². The van der Waals surface area contributed by atoms with Crippen LogP contribution in [0.3, 0.4) is 0 Å². The van der Waals surface area contributed by atoms with Crippen molar-refractivity contribution in [3.8, 4) is 5.75 Å². The average molecular weight is 486 g/mol. The van der Waals surface area contributed by atoms with E-state index in [1.807, 2.05) is 42.5 Å². The third kappa shape index (κ3) is 4.15. The van der Waals surface area contributed by atoms with E-state index in [9.17, 15) is 14.7 Å². The third-order valence-electron chi connectivity index (χ3n) is 6.34. The molecule has 4 heterocycles. The number of furan rings is 1. The van der Waals surface area contributed by atoms with Crippen LogP contribution in [0.15, 0.2) is 77.0 Å². The number of rotatable bonds is 8. The molecule has 0 spiro atoms. The second kappa shape index (κ2) is 9.73. The molecule has 1 aromatic carbocycles. The van der Waals surface area contributed by atoms with Crippen LogP contribution in [0.25, 0.3) is 11.4 Å². The normalized spacial score (nSPS) is 17.3. The van der Waals surface area contributed by atoms with Gasteiger partial charge in [0.15, 0.2) is 5.76 Å². The van der Waals surface area contributed by atoms with Gasteiger partial charge in [-0.3, -0.25) is 14.0 Å². The highest BCUT2D eigenvalue weighted by Gasteiger charge is 2.47. The number of aliphatic hydroxyl groups excluding tert-OH is 1.